The van der Waals surface area contributed by atoms with Gasteiger partial charge < -0.3 is 24.3 Å². The van der Waals surface area contributed by atoms with Gasteiger partial charge in [-0.2, -0.15) is 10.4 Å². The summed E-state index contributed by atoms with van der Waals surface area (Å²) < 4.78 is 27.4. The molecule has 7 rings (SSSR count). The predicted molar refractivity (Wildman–Crippen MR) is 185 cm³/mol. The van der Waals surface area contributed by atoms with Crippen LogP contribution in [0.1, 0.15) is 70.4 Å². The summed E-state index contributed by atoms with van der Waals surface area (Å²) in [6, 6.07) is 9.80. The van der Waals surface area contributed by atoms with Gasteiger partial charge in [-0.3, -0.25) is 9.58 Å². The van der Waals surface area contributed by atoms with E-state index >= 15 is 0 Å². The van der Waals surface area contributed by atoms with Gasteiger partial charge in [-0.15, -0.1) is 5.10 Å². The zero-order valence-electron chi connectivity index (χ0n) is 28.9. The summed E-state index contributed by atoms with van der Waals surface area (Å²) in [5.74, 6) is 1.46. The fourth-order valence-electron chi connectivity index (χ4n) is 7.50. The molecule has 264 valence electrons. The number of fused-ring (bicyclic) bond motifs is 2. The topological polar surface area (TPSA) is 150 Å². The van der Waals surface area contributed by atoms with Crippen molar-refractivity contribution in [2.24, 2.45) is 0 Å². The quantitative estimate of drug-likeness (QED) is 0.165. The van der Waals surface area contributed by atoms with Crippen LogP contribution in [0.25, 0.3) is 11.1 Å². The zero-order chi connectivity index (χ0) is 34.3. The van der Waals surface area contributed by atoms with Crippen LogP contribution in [-0.2, 0) is 16.0 Å². The summed E-state index contributed by atoms with van der Waals surface area (Å²) >= 11 is 0. The van der Waals surface area contributed by atoms with E-state index in [2.05, 4.69) is 41.0 Å². The number of anilines is 2. The van der Waals surface area contributed by atoms with Crippen molar-refractivity contribution in [3.63, 3.8) is 0 Å². The first-order valence-corrected chi connectivity index (χ1v) is 17.9. The number of hydrogen-bond donors (Lipinski definition) is 1. The van der Waals surface area contributed by atoms with Gasteiger partial charge >= 0.3 is 0 Å². The Morgan fingerprint density at radius 3 is 2.48 bits per heavy atom. The van der Waals surface area contributed by atoms with E-state index in [-0.39, 0.29) is 6.10 Å². The molecule has 3 fully saturated rings. The highest BCUT2D eigenvalue weighted by atomic mass is 16.5. The number of nitrogens with zero attached hydrogens (tertiary/aromatic N) is 9. The summed E-state index contributed by atoms with van der Waals surface area (Å²) in [6.45, 7) is 8.01. The van der Waals surface area contributed by atoms with Crippen molar-refractivity contribution in [3.8, 4) is 28.8 Å². The Morgan fingerprint density at radius 2 is 1.76 bits per heavy atom. The number of benzene rings is 1. The molecule has 0 spiro atoms. The van der Waals surface area contributed by atoms with Crippen molar-refractivity contribution >= 4 is 11.6 Å². The fraction of sp³-hybridized carbons (Fsp3) is 0.556. The third kappa shape index (κ3) is 7.90. The van der Waals surface area contributed by atoms with Crippen LogP contribution in [-0.4, -0.2) is 96.7 Å². The molecule has 0 unspecified atom stereocenters. The van der Waals surface area contributed by atoms with E-state index in [9.17, 15) is 5.26 Å². The van der Waals surface area contributed by atoms with Crippen LogP contribution in [0.2, 0.25) is 0 Å². The lowest BCUT2D eigenvalue weighted by molar-refractivity contribution is -0.0458. The molecular formula is C36H46N10O4. The summed E-state index contributed by atoms with van der Waals surface area (Å²) in [6.07, 6.45) is 16.2. The second-order valence-corrected chi connectivity index (χ2v) is 13.3. The zero-order valence-corrected chi connectivity index (χ0v) is 28.9. The maximum absolute atomic E-state index is 9.69. The van der Waals surface area contributed by atoms with Crippen LogP contribution in [0.3, 0.4) is 0 Å². The highest BCUT2D eigenvalue weighted by Gasteiger charge is 2.42. The first kappa shape index (κ1) is 33.9. The average molecular weight is 683 g/mol. The second kappa shape index (κ2) is 16.0. The standard InChI is InChI=1S/C36H46N10O4/c1-3-47-13-4-14-49-35-33(20-45(43-35)29-7-9-30(10-8-29)46-31-11-12-32(46)22-48-21-31)42-36-39-17-28(18-40-36)26-5-6-27(16-37)34(15-26)50-25(2)19-44-24-38-23-41-44/h5-6,15,17-18,20,23-25,29-32H,3-4,7-14,19,21-22H2,1-2H3,(H,39,40,42)/t25-,29?,30?,31-,32+/m0/s1. The smallest absolute Gasteiger partial charge is 0.256 e. The van der Waals surface area contributed by atoms with Gasteiger partial charge in [0.25, 0.3) is 5.88 Å². The van der Waals surface area contributed by atoms with Crippen molar-refractivity contribution in [1.29, 1.82) is 5.26 Å². The minimum absolute atomic E-state index is 0.228. The molecule has 14 nitrogen and oxygen atoms in total. The first-order chi connectivity index (χ1) is 24.6. The fourth-order valence-corrected chi connectivity index (χ4v) is 7.50. The Labute approximate surface area is 292 Å². The molecule has 3 aromatic heterocycles. The third-order valence-electron chi connectivity index (χ3n) is 9.91. The molecule has 3 atom stereocenters. The van der Waals surface area contributed by atoms with Crippen LogP contribution < -0.4 is 14.8 Å². The van der Waals surface area contributed by atoms with E-state index < -0.39 is 0 Å². The summed E-state index contributed by atoms with van der Waals surface area (Å²) in [7, 11) is 0. The number of morpholine rings is 1. The number of ether oxygens (including phenoxy) is 4. The Kier molecular flexibility index (Phi) is 10.8. The second-order valence-electron chi connectivity index (χ2n) is 13.3. The van der Waals surface area contributed by atoms with Gasteiger partial charge in [0.05, 0.1) is 44.2 Å². The Bertz CT molecular complexity index is 1700. The van der Waals surface area contributed by atoms with Crippen molar-refractivity contribution < 1.29 is 18.9 Å². The third-order valence-corrected chi connectivity index (χ3v) is 9.91. The van der Waals surface area contributed by atoms with Gasteiger partial charge in [0, 0.05) is 55.7 Å². The van der Waals surface area contributed by atoms with Crippen LogP contribution in [0.4, 0.5) is 11.6 Å². The molecule has 14 heteroatoms. The van der Waals surface area contributed by atoms with Gasteiger partial charge in [0.15, 0.2) is 0 Å². The van der Waals surface area contributed by atoms with Gasteiger partial charge in [0.1, 0.15) is 36.3 Å². The average Bonchev–Trinajstić information content (AvgIpc) is 3.86. The van der Waals surface area contributed by atoms with E-state index in [1.807, 2.05) is 32.2 Å². The lowest BCUT2D eigenvalue weighted by Crippen LogP contribution is -2.52. The van der Waals surface area contributed by atoms with Crippen LogP contribution >= 0.6 is 0 Å². The molecule has 1 saturated carbocycles. The van der Waals surface area contributed by atoms with E-state index in [0.29, 0.717) is 73.7 Å². The van der Waals surface area contributed by atoms with Crippen LogP contribution in [0, 0.1) is 11.3 Å². The van der Waals surface area contributed by atoms with Gasteiger partial charge in [-0.1, -0.05) is 6.07 Å². The van der Waals surface area contributed by atoms with E-state index in [1.165, 1.54) is 19.2 Å². The van der Waals surface area contributed by atoms with E-state index in [0.717, 1.165) is 62.1 Å². The lowest BCUT2D eigenvalue weighted by Gasteiger charge is -2.43. The summed E-state index contributed by atoms with van der Waals surface area (Å²) in [5.41, 5.74) is 2.82. The van der Waals surface area contributed by atoms with E-state index in [4.69, 9.17) is 24.0 Å². The minimum Gasteiger partial charge on any atom is -0.487 e. The molecule has 3 aliphatic rings. The molecule has 1 aromatic carbocycles. The Morgan fingerprint density at radius 1 is 1.00 bits per heavy atom. The number of rotatable bonds is 15. The maximum atomic E-state index is 9.69. The molecule has 2 bridgehead atoms. The van der Waals surface area contributed by atoms with E-state index in [1.54, 1.807) is 29.5 Å². The normalized spacial score (nSPS) is 22.6. The molecule has 1 aliphatic carbocycles. The molecule has 1 N–H and O–H groups in total. The summed E-state index contributed by atoms with van der Waals surface area (Å²) in [5, 5.41) is 22.1. The molecule has 5 heterocycles. The van der Waals surface area contributed by atoms with Crippen molar-refractivity contribution in [2.45, 2.75) is 95.6 Å². The van der Waals surface area contributed by atoms with Crippen molar-refractivity contribution in [2.75, 3.05) is 38.4 Å². The van der Waals surface area contributed by atoms with Crippen molar-refractivity contribution in [3.05, 3.63) is 55.0 Å². The number of nitriles is 1. The minimum atomic E-state index is -0.228. The Hall–Kier alpha value is -4.58. The maximum Gasteiger partial charge on any atom is 0.256 e. The highest BCUT2D eigenvalue weighted by Crippen LogP contribution is 2.39. The highest BCUT2D eigenvalue weighted by molar-refractivity contribution is 5.67. The van der Waals surface area contributed by atoms with Gasteiger partial charge in [-0.25, -0.2) is 19.6 Å². The molecule has 2 aliphatic heterocycles. The predicted octanol–water partition coefficient (Wildman–Crippen LogP) is 5.17. The van der Waals surface area contributed by atoms with Crippen molar-refractivity contribution in [1.82, 2.24) is 39.4 Å². The molecule has 4 aromatic rings. The molecular weight excluding hydrogens is 636 g/mol. The monoisotopic (exact) mass is 682 g/mol. The molecule has 0 radical (unpaired) electrons. The molecule has 2 saturated heterocycles. The van der Waals surface area contributed by atoms with Gasteiger partial charge in [-0.05, 0) is 70.1 Å². The largest absolute Gasteiger partial charge is 0.487 e. The number of hydrogen-bond acceptors (Lipinski definition) is 12. The lowest BCUT2D eigenvalue weighted by atomic mass is 9.89. The first-order valence-electron chi connectivity index (χ1n) is 17.9. The van der Waals surface area contributed by atoms with Gasteiger partial charge in [0.2, 0.25) is 5.95 Å². The molecule has 50 heavy (non-hydrogen) atoms. The summed E-state index contributed by atoms with van der Waals surface area (Å²) in [4.78, 5) is 16.0. The SMILES string of the molecule is CCOCCCOc1nn(C2CCC(N3[C@@H]4CC[C@H]3COC4)CC2)cc1Nc1ncc(-c2ccc(C#N)c(O[C@@H](C)Cn3cncn3)c2)cn1. The molecule has 0 amide bonds. The van der Waals surface area contributed by atoms with Crippen LogP contribution in [0.15, 0.2) is 49.4 Å². The van der Waals surface area contributed by atoms with Crippen LogP contribution in [0.5, 0.6) is 11.6 Å². The number of nitrogens with one attached hydrogen (secondary N) is 1. The Balaban J connectivity index is 1.02. The number of aromatic nitrogens is 7.